The third-order valence-corrected chi connectivity index (χ3v) is 4.82. The molecule has 28 heavy (non-hydrogen) atoms. The quantitative estimate of drug-likeness (QED) is 0.697. The molecular formula is C20H16F2N4O2. The van der Waals surface area contributed by atoms with Gasteiger partial charge in [-0.25, -0.2) is 8.78 Å². The molecule has 1 unspecified atom stereocenters. The van der Waals surface area contributed by atoms with Crippen LogP contribution in [-0.4, -0.2) is 28.2 Å². The predicted octanol–water partition coefficient (Wildman–Crippen LogP) is 3.82. The average Bonchev–Trinajstić information content (AvgIpc) is 3.34. The molecule has 1 heterocycles. The van der Waals surface area contributed by atoms with Gasteiger partial charge in [-0.05, 0) is 42.2 Å². The summed E-state index contributed by atoms with van der Waals surface area (Å²) in [5, 5.41) is 25.6. The molecule has 142 valence electrons. The Balaban J connectivity index is 1.65. The molecule has 2 aromatic carbocycles. The Hall–Kier alpha value is -3.31. The molecule has 4 rings (SSSR count). The Morgan fingerprint density at radius 2 is 2.18 bits per heavy atom. The third kappa shape index (κ3) is 3.32. The van der Waals surface area contributed by atoms with E-state index in [9.17, 15) is 13.9 Å². The fourth-order valence-electron chi connectivity index (χ4n) is 3.52. The van der Waals surface area contributed by atoms with Crippen molar-refractivity contribution in [1.29, 1.82) is 5.26 Å². The van der Waals surface area contributed by atoms with Crippen molar-refractivity contribution in [1.82, 2.24) is 15.5 Å². The fourth-order valence-corrected chi connectivity index (χ4v) is 3.52. The molecule has 2 N–H and O–H groups in total. The Morgan fingerprint density at radius 1 is 1.32 bits per heavy atom. The van der Waals surface area contributed by atoms with Gasteiger partial charge >= 0.3 is 0 Å². The van der Waals surface area contributed by atoms with Crippen LogP contribution in [-0.2, 0) is 6.42 Å². The minimum Gasteiger partial charge on any atom is -0.507 e. The number of nitrogens with one attached hydrogen (secondary N) is 1. The van der Waals surface area contributed by atoms with Crippen molar-refractivity contribution in [2.24, 2.45) is 0 Å². The smallest absolute Gasteiger partial charge is 0.258 e. The number of aromatic hydroxyl groups is 1. The van der Waals surface area contributed by atoms with Crippen LogP contribution >= 0.6 is 0 Å². The van der Waals surface area contributed by atoms with Gasteiger partial charge in [0.2, 0.25) is 5.82 Å². The van der Waals surface area contributed by atoms with Crippen LogP contribution in [0, 0.1) is 11.3 Å². The summed E-state index contributed by atoms with van der Waals surface area (Å²) in [5.41, 5.74) is 3.43. The van der Waals surface area contributed by atoms with Crippen molar-refractivity contribution in [3.8, 4) is 34.7 Å². The molecule has 0 spiro atoms. The minimum atomic E-state index is -2.39. The number of phenolic OH excluding ortho intramolecular Hbond substituents is 1. The standard InChI is InChI=1S/C20H16F2N4O2/c21-18(22)10-24-16-6-5-13-14(16)2-1-3-15(13)19-25-20(28-26-19)11-4-7-17(27)12(8-11)9-23/h1-4,7-8,16,18,24,27H,5-6,10H2. The van der Waals surface area contributed by atoms with E-state index >= 15 is 0 Å². The summed E-state index contributed by atoms with van der Waals surface area (Å²) in [7, 11) is 0. The first kappa shape index (κ1) is 18.1. The van der Waals surface area contributed by atoms with Crippen LogP contribution in [0.25, 0.3) is 22.8 Å². The molecule has 0 fully saturated rings. The zero-order chi connectivity index (χ0) is 19.7. The molecule has 0 aliphatic heterocycles. The van der Waals surface area contributed by atoms with Crippen molar-refractivity contribution in [2.75, 3.05) is 6.54 Å². The van der Waals surface area contributed by atoms with Gasteiger partial charge in [0.1, 0.15) is 11.8 Å². The van der Waals surface area contributed by atoms with E-state index in [1.807, 2.05) is 24.3 Å². The predicted molar refractivity (Wildman–Crippen MR) is 96.6 cm³/mol. The van der Waals surface area contributed by atoms with Crippen molar-refractivity contribution < 1.29 is 18.4 Å². The monoisotopic (exact) mass is 382 g/mol. The Labute approximate surface area is 159 Å². The summed E-state index contributed by atoms with van der Waals surface area (Å²) < 4.78 is 30.4. The molecule has 0 saturated carbocycles. The second kappa shape index (κ2) is 7.37. The van der Waals surface area contributed by atoms with Crippen LogP contribution in [0.5, 0.6) is 5.75 Å². The number of hydrogen-bond acceptors (Lipinski definition) is 6. The summed E-state index contributed by atoms with van der Waals surface area (Å²) in [6.07, 6.45) is -0.933. The SMILES string of the molecule is N#Cc1cc(-c2nc(-c3cccc4c3CCC4NCC(F)F)no2)ccc1O. The lowest BCUT2D eigenvalue weighted by Crippen LogP contribution is -2.25. The molecule has 3 aromatic rings. The first-order valence-electron chi connectivity index (χ1n) is 8.77. The van der Waals surface area contributed by atoms with Crippen molar-refractivity contribution in [2.45, 2.75) is 25.3 Å². The lowest BCUT2D eigenvalue weighted by molar-refractivity contribution is 0.141. The van der Waals surface area contributed by atoms with Crippen LogP contribution in [0.2, 0.25) is 0 Å². The van der Waals surface area contributed by atoms with Gasteiger partial charge in [-0.2, -0.15) is 10.2 Å². The van der Waals surface area contributed by atoms with E-state index in [-0.39, 0.29) is 29.8 Å². The third-order valence-electron chi connectivity index (χ3n) is 4.82. The second-order valence-electron chi connectivity index (χ2n) is 6.53. The van der Waals surface area contributed by atoms with Gasteiger partial charge in [0.15, 0.2) is 0 Å². The first-order valence-corrected chi connectivity index (χ1v) is 8.77. The maximum atomic E-state index is 12.5. The largest absolute Gasteiger partial charge is 0.507 e. The molecule has 8 heteroatoms. The minimum absolute atomic E-state index is 0.116. The van der Waals surface area contributed by atoms with Gasteiger partial charge in [-0.3, -0.25) is 0 Å². The van der Waals surface area contributed by atoms with Gasteiger partial charge in [0.05, 0.1) is 12.1 Å². The number of aromatic nitrogens is 2. The van der Waals surface area contributed by atoms with Crippen LogP contribution in [0.15, 0.2) is 40.9 Å². The molecule has 0 amide bonds. The van der Waals surface area contributed by atoms with Crippen LogP contribution in [0.1, 0.15) is 29.2 Å². The highest BCUT2D eigenvalue weighted by Crippen LogP contribution is 2.37. The number of nitrogens with zero attached hydrogens (tertiary/aromatic N) is 3. The van der Waals surface area contributed by atoms with Crippen LogP contribution in [0.3, 0.4) is 0 Å². The zero-order valence-electron chi connectivity index (χ0n) is 14.7. The molecule has 6 nitrogen and oxygen atoms in total. The van der Waals surface area contributed by atoms with Gasteiger partial charge in [0.25, 0.3) is 12.3 Å². The fraction of sp³-hybridized carbons (Fsp3) is 0.250. The number of alkyl halides is 2. The lowest BCUT2D eigenvalue weighted by atomic mass is 10.0. The first-order chi connectivity index (χ1) is 13.6. The molecule has 0 saturated heterocycles. The molecular weight excluding hydrogens is 366 g/mol. The van der Waals surface area contributed by atoms with Gasteiger partial charge < -0.3 is 14.9 Å². The molecule has 1 atom stereocenters. The van der Waals surface area contributed by atoms with Gasteiger partial charge in [0, 0.05) is 17.2 Å². The zero-order valence-corrected chi connectivity index (χ0v) is 14.7. The molecule has 1 aliphatic rings. The summed E-state index contributed by atoms with van der Waals surface area (Å²) in [4.78, 5) is 4.42. The van der Waals surface area contributed by atoms with E-state index in [0.29, 0.717) is 11.4 Å². The number of hydrogen-bond donors (Lipinski definition) is 2. The van der Waals surface area contributed by atoms with E-state index in [2.05, 4.69) is 15.5 Å². The summed E-state index contributed by atoms with van der Waals surface area (Å²) in [5.74, 6) is 0.511. The van der Waals surface area contributed by atoms with Crippen molar-refractivity contribution in [3.05, 3.63) is 53.1 Å². The molecule has 1 aromatic heterocycles. The Morgan fingerprint density at radius 3 is 2.96 bits per heavy atom. The Kier molecular flexibility index (Phi) is 4.75. The lowest BCUT2D eigenvalue weighted by Gasteiger charge is -2.14. The van der Waals surface area contributed by atoms with Gasteiger partial charge in [-0.1, -0.05) is 23.4 Å². The highest BCUT2D eigenvalue weighted by atomic mass is 19.3. The topological polar surface area (TPSA) is 95.0 Å². The van der Waals surface area contributed by atoms with Crippen molar-refractivity contribution >= 4 is 0 Å². The number of fused-ring (bicyclic) bond motifs is 1. The highest BCUT2D eigenvalue weighted by Gasteiger charge is 2.27. The molecule has 0 radical (unpaired) electrons. The maximum Gasteiger partial charge on any atom is 0.258 e. The number of phenols is 1. The molecule has 1 aliphatic carbocycles. The van der Waals surface area contributed by atoms with E-state index in [0.717, 1.165) is 29.5 Å². The van der Waals surface area contributed by atoms with Gasteiger partial charge in [-0.15, -0.1) is 0 Å². The van der Waals surface area contributed by atoms with Crippen LogP contribution in [0.4, 0.5) is 8.78 Å². The van der Waals surface area contributed by atoms with E-state index in [1.165, 1.54) is 12.1 Å². The number of halogens is 2. The number of rotatable bonds is 5. The maximum absolute atomic E-state index is 12.5. The second-order valence-corrected chi connectivity index (χ2v) is 6.53. The summed E-state index contributed by atoms with van der Waals surface area (Å²) in [6, 6.07) is 11.9. The number of nitriles is 1. The Bertz CT molecular complexity index is 1060. The van der Waals surface area contributed by atoms with E-state index in [1.54, 1.807) is 6.07 Å². The molecule has 0 bridgehead atoms. The number of benzene rings is 2. The van der Waals surface area contributed by atoms with E-state index < -0.39 is 6.43 Å². The normalized spacial score (nSPS) is 15.6. The van der Waals surface area contributed by atoms with Crippen molar-refractivity contribution in [3.63, 3.8) is 0 Å². The van der Waals surface area contributed by atoms with E-state index in [4.69, 9.17) is 9.78 Å². The highest BCUT2D eigenvalue weighted by molar-refractivity contribution is 5.67. The van der Waals surface area contributed by atoms with Crippen LogP contribution < -0.4 is 5.32 Å². The summed E-state index contributed by atoms with van der Waals surface area (Å²) in [6.45, 7) is -0.344. The summed E-state index contributed by atoms with van der Waals surface area (Å²) >= 11 is 0. The average molecular weight is 382 g/mol.